The third kappa shape index (κ3) is 4.11. The van der Waals surface area contributed by atoms with Gasteiger partial charge in [0.2, 0.25) is 10.0 Å². The minimum Gasteiger partial charge on any atom is -0.212 e. The molecule has 0 aromatic carbocycles. The predicted octanol–water partition coefficient (Wildman–Crippen LogP) is 1.74. The van der Waals surface area contributed by atoms with E-state index < -0.39 is 10.0 Å². The quantitative estimate of drug-likeness (QED) is 0.740. The molecule has 0 atom stereocenters. The van der Waals surface area contributed by atoms with Crippen LogP contribution in [0.2, 0.25) is 0 Å². The molecule has 0 aromatic heterocycles. The normalized spacial score (nSPS) is 18.6. The summed E-state index contributed by atoms with van der Waals surface area (Å²) in [7, 11) is -1.58. The number of sulfonamides is 1. The van der Waals surface area contributed by atoms with E-state index in [9.17, 15) is 8.42 Å². The first-order valence-corrected chi connectivity index (χ1v) is 7.48. The molecule has 0 radical (unpaired) electrons. The summed E-state index contributed by atoms with van der Waals surface area (Å²) in [6.07, 6.45) is 5.88. The molecule has 1 rings (SSSR count). The van der Waals surface area contributed by atoms with E-state index in [4.69, 9.17) is 5.26 Å². The monoisotopic (exact) mass is 244 g/mol. The summed E-state index contributed by atoms with van der Waals surface area (Å²) in [5.74, 6) is 0.581. The highest BCUT2D eigenvalue weighted by molar-refractivity contribution is 7.89. The van der Waals surface area contributed by atoms with Gasteiger partial charge in [0, 0.05) is 20.0 Å². The van der Waals surface area contributed by atoms with Gasteiger partial charge in [-0.2, -0.15) is 5.26 Å². The lowest BCUT2D eigenvalue weighted by Crippen LogP contribution is -2.33. The average Bonchev–Trinajstić information content (AvgIpc) is 2.26. The van der Waals surface area contributed by atoms with E-state index in [0.29, 0.717) is 12.5 Å². The van der Waals surface area contributed by atoms with Crippen LogP contribution in [0.25, 0.3) is 0 Å². The van der Waals surface area contributed by atoms with Crippen molar-refractivity contribution >= 4 is 10.0 Å². The van der Waals surface area contributed by atoms with Crippen LogP contribution in [-0.2, 0) is 10.0 Å². The minimum absolute atomic E-state index is 0.259. The van der Waals surface area contributed by atoms with Gasteiger partial charge in [0.15, 0.2) is 0 Å². The SMILES string of the molecule is CN(CCC#N)S(=O)(=O)CC1CCCCC1. The number of hydrogen-bond donors (Lipinski definition) is 0. The van der Waals surface area contributed by atoms with Crippen LogP contribution < -0.4 is 0 Å². The van der Waals surface area contributed by atoms with Gasteiger partial charge < -0.3 is 0 Å². The Morgan fingerprint density at radius 1 is 1.31 bits per heavy atom. The summed E-state index contributed by atoms with van der Waals surface area (Å²) in [6.45, 7) is 0.311. The van der Waals surface area contributed by atoms with Crippen molar-refractivity contribution in [3.05, 3.63) is 0 Å². The van der Waals surface area contributed by atoms with Crippen molar-refractivity contribution in [1.82, 2.24) is 4.31 Å². The molecule has 0 amide bonds. The summed E-state index contributed by atoms with van der Waals surface area (Å²) < 4.78 is 25.2. The minimum atomic E-state index is -3.15. The molecule has 1 fully saturated rings. The Morgan fingerprint density at radius 2 is 1.94 bits per heavy atom. The fraction of sp³-hybridized carbons (Fsp3) is 0.909. The van der Waals surface area contributed by atoms with Crippen molar-refractivity contribution in [3.63, 3.8) is 0 Å². The van der Waals surface area contributed by atoms with E-state index in [1.54, 1.807) is 7.05 Å². The van der Waals surface area contributed by atoms with Crippen LogP contribution >= 0.6 is 0 Å². The highest BCUT2D eigenvalue weighted by atomic mass is 32.2. The van der Waals surface area contributed by atoms with Gasteiger partial charge in [0.25, 0.3) is 0 Å². The lowest BCUT2D eigenvalue weighted by Gasteiger charge is -2.24. The molecule has 16 heavy (non-hydrogen) atoms. The molecule has 4 nitrogen and oxygen atoms in total. The third-order valence-corrected chi connectivity index (χ3v) is 5.21. The van der Waals surface area contributed by atoms with Gasteiger partial charge in [0.1, 0.15) is 0 Å². The van der Waals surface area contributed by atoms with Gasteiger partial charge >= 0.3 is 0 Å². The molecule has 0 N–H and O–H groups in total. The molecule has 1 saturated carbocycles. The molecule has 0 spiro atoms. The van der Waals surface area contributed by atoms with Crippen LogP contribution in [-0.4, -0.2) is 32.1 Å². The number of rotatable bonds is 5. The Bertz CT molecular complexity index is 339. The number of nitriles is 1. The predicted molar refractivity (Wildman–Crippen MR) is 63.2 cm³/mol. The van der Waals surface area contributed by atoms with Crippen molar-refractivity contribution in [2.45, 2.75) is 38.5 Å². The zero-order valence-corrected chi connectivity index (χ0v) is 10.7. The Hall–Kier alpha value is -0.600. The smallest absolute Gasteiger partial charge is 0.212 e. The topological polar surface area (TPSA) is 61.2 Å². The van der Waals surface area contributed by atoms with Crippen molar-refractivity contribution in [2.24, 2.45) is 5.92 Å². The van der Waals surface area contributed by atoms with Crippen molar-refractivity contribution in [3.8, 4) is 6.07 Å². The average molecular weight is 244 g/mol. The van der Waals surface area contributed by atoms with E-state index >= 15 is 0 Å². The van der Waals surface area contributed by atoms with Gasteiger partial charge in [-0.05, 0) is 18.8 Å². The Balaban J connectivity index is 2.46. The molecule has 0 bridgehead atoms. The van der Waals surface area contributed by atoms with Gasteiger partial charge in [-0.15, -0.1) is 0 Å². The van der Waals surface area contributed by atoms with E-state index in [1.165, 1.54) is 10.7 Å². The molecule has 0 unspecified atom stereocenters. The van der Waals surface area contributed by atoms with Crippen LogP contribution in [0.3, 0.4) is 0 Å². The van der Waals surface area contributed by atoms with Crippen molar-refractivity contribution in [1.29, 1.82) is 5.26 Å². The number of nitrogens with zero attached hydrogens (tertiary/aromatic N) is 2. The standard InChI is InChI=1S/C11H20N2O2S/c1-13(9-5-8-12)16(14,15)10-11-6-3-2-4-7-11/h11H,2-7,9-10H2,1H3. The molecule has 1 aliphatic rings. The van der Waals surface area contributed by atoms with Gasteiger partial charge in [0.05, 0.1) is 11.8 Å². The molecule has 1 aliphatic carbocycles. The largest absolute Gasteiger partial charge is 0.214 e. The fourth-order valence-electron chi connectivity index (χ4n) is 2.13. The van der Waals surface area contributed by atoms with E-state index in [0.717, 1.165) is 25.7 Å². The van der Waals surface area contributed by atoms with Crippen LogP contribution in [0.15, 0.2) is 0 Å². The third-order valence-electron chi connectivity index (χ3n) is 3.18. The van der Waals surface area contributed by atoms with Crippen LogP contribution in [0.5, 0.6) is 0 Å². The van der Waals surface area contributed by atoms with E-state index in [-0.39, 0.29) is 12.2 Å². The summed E-state index contributed by atoms with van der Waals surface area (Å²) in [5, 5.41) is 8.43. The van der Waals surface area contributed by atoms with Crippen LogP contribution in [0, 0.1) is 17.2 Å². The fourth-order valence-corrected chi connectivity index (χ4v) is 3.68. The Morgan fingerprint density at radius 3 is 2.50 bits per heavy atom. The molecule has 92 valence electrons. The van der Waals surface area contributed by atoms with Gasteiger partial charge in [-0.3, -0.25) is 0 Å². The maximum absolute atomic E-state index is 11.9. The molecule has 0 heterocycles. The molecule has 0 aromatic rings. The summed E-state index contributed by atoms with van der Waals surface area (Å²) in [5.41, 5.74) is 0. The maximum atomic E-state index is 11.9. The maximum Gasteiger partial charge on any atom is 0.214 e. The second-order valence-electron chi connectivity index (χ2n) is 4.51. The zero-order valence-electron chi connectivity index (χ0n) is 9.85. The van der Waals surface area contributed by atoms with Crippen molar-refractivity contribution in [2.75, 3.05) is 19.3 Å². The molecule has 5 heteroatoms. The second kappa shape index (κ2) is 6.21. The molecule has 0 saturated heterocycles. The Labute approximate surface area is 98.3 Å². The highest BCUT2D eigenvalue weighted by Gasteiger charge is 2.24. The summed E-state index contributed by atoms with van der Waals surface area (Å²) in [6, 6.07) is 1.97. The summed E-state index contributed by atoms with van der Waals surface area (Å²) in [4.78, 5) is 0. The molecule has 0 aliphatic heterocycles. The first-order valence-electron chi connectivity index (χ1n) is 5.87. The van der Waals surface area contributed by atoms with Crippen LogP contribution in [0.1, 0.15) is 38.5 Å². The highest BCUT2D eigenvalue weighted by Crippen LogP contribution is 2.25. The van der Waals surface area contributed by atoms with Gasteiger partial charge in [-0.1, -0.05) is 19.3 Å². The summed E-state index contributed by atoms with van der Waals surface area (Å²) >= 11 is 0. The lowest BCUT2D eigenvalue weighted by molar-refractivity contribution is 0.376. The zero-order chi connectivity index (χ0) is 12.0. The first-order chi connectivity index (χ1) is 7.56. The van der Waals surface area contributed by atoms with E-state index in [1.807, 2.05) is 6.07 Å². The van der Waals surface area contributed by atoms with E-state index in [2.05, 4.69) is 0 Å². The van der Waals surface area contributed by atoms with Crippen LogP contribution in [0.4, 0.5) is 0 Å². The lowest BCUT2D eigenvalue weighted by atomic mass is 9.91. The number of hydrogen-bond acceptors (Lipinski definition) is 3. The van der Waals surface area contributed by atoms with Gasteiger partial charge in [-0.25, -0.2) is 12.7 Å². The Kier molecular flexibility index (Phi) is 5.23. The first kappa shape index (κ1) is 13.5. The molecular weight excluding hydrogens is 224 g/mol. The molecular formula is C11H20N2O2S. The second-order valence-corrected chi connectivity index (χ2v) is 6.63. The van der Waals surface area contributed by atoms with Crippen molar-refractivity contribution < 1.29 is 8.42 Å².